The molecule has 0 aliphatic carbocycles. The van der Waals surface area contributed by atoms with Crippen molar-refractivity contribution in [2.24, 2.45) is 0 Å². The van der Waals surface area contributed by atoms with E-state index in [0.717, 1.165) is 5.69 Å². The SMILES string of the molecule is CCc1nc(Cc2ccccc2F)[nH]c(=O)c1C. The molecular weight excluding hydrogens is 231 g/mol. The fraction of sp³-hybridized carbons (Fsp3) is 0.286. The number of H-pyrrole nitrogens is 1. The van der Waals surface area contributed by atoms with Crippen molar-refractivity contribution in [3.05, 3.63) is 63.1 Å². The first kappa shape index (κ1) is 12.5. The lowest BCUT2D eigenvalue weighted by Crippen LogP contribution is -2.18. The zero-order valence-corrected chi connectivity index (χ0v) is 10.5. The van der Waals surface area contributed by atoms with Crippen LogP contribution in [0.2, 0.25) is 0 Å². The molecule has 0 unspecified atom stereocenters. The van der Waals surface area contributed by atoms with Crippen LogP contribution in [0.25, 0.3) is 0 Å². The summed E-state index contributed by atoms with van der Waals surface area (Å²) in [5, 5.41) is 0. The van der Waals surface area contributed by atoms with Crippen molar-refractivity contribution < 1.29 is 4.39 Å². The van der Waals surface area contributed by atoms with Gasteiger partial charge in [0.05, 0.1) is 5.69 Å². The Morgan fingerprint density at radius 1 is 1.33 bits per heavy atom. The van der Waals surface area contributed by atoms with Gasteiger partial charge in [0.25, 0.3) is 5.56 Å². The molecule has 4 heteroatoms. The highest BCUT2D eigenvalue weighted by molar-refractivity contribution is 5.23. The second-order valence-electron chi connectivity index (χ2n) is 4.21. The highest BCUT2D eigenvalue weighted by Gasteiger charge is 2.08. The third-order valence-corrected chi connectivity index (χ3v) is 2.95. The minimum absolute atomic E-state index is 0.145. The van der Waals surface area contributed by atoms with Crippen LogP contribution < -0.4 is 5.56 Å². The summed E-state index contributed by atoms with van der Waals surface area (Å²) in [6.45, 7) is 3.69. The minimum atomic E-state index is -0.279. The molecule has 18 heavy (non-hydrogen) atoms. The van der Waals surface area contributed by atoms with Crippen LogP contribution in [0.15, 0.2) is 29.1 Å². The summed E-state index contributed by atoms with van der Waals surface area (Å²) in [7, 11) is 0. The van der Waals surface area contributed by atoms with Crippen molar-refractivity contribution in [1.29, 1.82) is 0 Å². The molecule has 0 amide bonds. The van der Waals surface area contributed by atoms with Crippen LogP contribution in [0.4, 0.5) is 4.39 Å². The van der Waals surface area contributed by atoms with E-state index in [2.05, 4.69) is 9.97 Å². The number of nitrogens with one attached hydrogen (secondary N) is 1. The summed E-state index contributed by atoms with van der Waals surface area (Å²) in [5.74, 6) is 0.228. The van der Waals surface area contributed by atoms with Crippen LogP contribution in [0.1, 0.15) is 29.6 Å². The van der Waals surface area contributed by atoms with E-state index in [9.17, 15) is 9.18 Å². The Bertz CT molecular complexity index is 619. The number of hydrogen-bond donors (Lipinski definition) is 1. The number of aryl methyl sites for hydroxylation is 1. The molecule has 1 aromatic carbocycles. The van der Waals surface area contributed by atoms with Crippen molar-refractivity contribution >= 4 is 0 Å². The summed E-state index contributed by atoms with van der Waals surface area (Å²) in [4.78, 5) is 18.8. The second kappa shape index (κ2) is 5.12. The van der Waals surface area contributed by atoms with Gasteiger partial charge >= 0.3 is 0 Å². The molecule has 0 aliphatic rings. The summed E-state index contributed by atoms with van der Waals surface area (Å²) >= 11 is 0. The minimum Gasteiger partial charge on any atom is -0.310 e. The molecule has 0 saturated carbocycles. The molecule has 0 radical (unpaired) electrons. The van der Waals surface area contributed by atoms with E-state index in [0.29, 0.717) is 29.8 Å². The normalized spacial score (nSPS) is 10.6. The highest BCUT2D eigenvalue weighted by Crippen LogP contribution is 2.10. The van der Waals surface area contributed by atoms with Gasteiger partial charge in [-0.15, -0.1) is 0 Å². The van der Waals surface area contributed by atoms with E-state index in [4.69, 9.17) is 0 Å². The first-order chi connectivity index (χ1) is 8.61. The maximum absolute atomic E-state index is 13.5. The summed E-state index contributed by atoms with van der Waals surface area (Å²) < 4.78 is 13.5. The largest absolute Gasteiger partial charge is 0.310 e. The third kappa shape index (κ3) is 2.47. The van der Waals surface area contributed by atoms with Gasteiger partial charge in [-0.3, -0.25) is 4.79 Å². The van der Waals surface area contributed by atoms with Gasteiger partial charge < -0.3 is 4.98 Å². The van der Waals surface area contributed by atoms with Crippen LogP contribution in [0.3, 0.4) is 0 Å². The van der Waals surface area contributed by atoms with Crippen molar-refractivity contribution in [2.75, 3.05) is 0 Å². The zero-order valence-electron chi connectivity index (χ0n) is 10.5. The molecule has 2 aromatic rings. The molecule has 94 valence electrons. The monoisotopic (exact) mass is 246 g/mol. The summed E-state index contributed by atoms with van der Waals surface area (Å²) in [6, 6.07) is 6.51. The molecule has 3 nitrogen and oxygen atoms in total. The number of halogens is 1. The first-order valence-corrected chi connectivity index (χ1v) is 5.94. The Morgan fingerprint density at radius 2 is 2.06 bits per heavy atom. The van der Waals surface area contributed by atoms with Crippen molar-refractivity contribution in [3.8, 4) is 0 Å². The van der Waals surface area contributed by atoms with Crippen LogP contribution in [0, 0.1) is 12.7 Å². The molecule has 2 rings (SSSR count). The Morgan fingerprint density at radius 3 is 2.72 bits per heavy atom. The fourth-order valence-electron chi connectivity index (χ4n) is 1.88. The second-order valence-corrected chi connectivity index (χ2v) is 4.21. The zero-order chi connectivity index (χ0) is 13.1. The van der Waals surface area contributed by atoms with Crippen molar-refractivity contribution in [2.45, 2.75) is 26.7 Å². The highest BCUT2D eigenvalue weighted by atomic mass is 19.1. The van der Waals surface area contributed by atoms with Gasteiger partial charge in [-0.25, -0.2) is 9.37 Å². The molecule has 0 aliphatic heterocycles. The Labute approximate surface area is 105 Å². The Balaban J connectivity index is 2.39. The van der Waals surface area contributed by atoms with Crippen LogP contribution in [-0.4, -0.2) is 9.97 Å². The van der Waals surface area contributed by atoms with Gasteiger partial charge in [-0.2, -0.15) is 0 Å². The van der Waals surface area contributed by atoms with Gasteiger partial charge in [-0.1, -0.05) is 25.1 Å². The average molecular weight is 246 g/mol. The quantitative estimate of drug-likeness (QED) is 0.903. The van der Waals surface area contributed by atoms with Crippen molar-refractivity contribution in [3.63, 3.8) is 0 Å². The maximum Gasteiger partial charge on any atom is 0.254 e. The van der Waals surface area contributed by atoms with Gasteiger partial charge in [-0.05, 0) is 25.0 Å². The lowest BCUT2D eigenvalue weighted by Gasteiger charge is -2.06. The smallest absolute Gasteiger partial charge is 0.254 e. The maximum atomic E-state index is 13.5. The predicted octanol–water partition coefficient (Wildman–Crippen LogP) is 2.37. The van der Waals surface area contributed by atoms with Gasteiger partial charge in [0, 0.05) is 12.0 Å². The molecule has 0 bridgehead atoms. The number of rotatable bonds is 3. The van der Waals surface area contributed by atoms with E-state index in [1.54, 1.807) is 25.1 Å². The standard InChI is InChI=1S/C14H15FN2O/c1-3-12-9(2)14(18)17-13(16-12)8-10-6-4-5-7-11(10)15/h4-7H,3,8H2,1-2H3,(H,16,17,18). The van der Waals surface area contributed by atoms with E-state index >= 15 is 0 Å². The number of benzene rings is 1. The van der Waals surface area contributed by atoms with Gasteiger partial charge in [0.15, 0.2) is 0 Å². The Hall–Kier alpha value is -1.97. The molecule has 1 N–H and O–H groups in total. The molecule has 1 aromatic heterocycles. The van der Waals surface area contributed by atoms with E-state index in [1.165, 1.54) is 6.07 Å². The van der Waals surface area contributed by atoms with Crippen LogP contribution >= 0.6 is 0 Å². The molecule has 0 atom stereocenters. The third-order valence-electron chi connectivity index (χ3n) is 2.95. The first-order valence-electron chi connectivity index (χ1n) is 5.94. The molecule has 1 heterocycles. The fourth-order valence-corrected chi connectivity index (χ4v) is 1.88. The van der Waals surface area contributed by atoms with E-state index < -0.39 is 0 Å². The van der Waals surface area contributed by atoms with Crippen LogP contribution in [-0.2, 0) is 12.8 Å². The lowest BCUT2D eigenvalue weighted by atomic mass is 10.1. The number of hydrogen-bond acceptors (Lipinski definition) is 2. The topological polar surface area (TPSA) is 45.8 Å². The lowest BCUT2D eigenvalue weighted by molar-refractivity contribution is 0.611. The molecule has 0 fully saturated rings. The van der Waals surface area contributed by atoms with Gasteiger partial charge in [0.2, 0.25) is 0 Å². The number of aromatic nitrogens is 2. The number of aromatic amines is 1. The summed E-state index contributed by atoms with van der Waals surface area (Å²) in [6.07, 6.45) is 0.995. The van der Waals surface area contributed by atoms with Gasteiger partial charge in [0.1, 0.15) is 11.6 Å². The Kier molecular flexibility index (Phi) is 3.55. The van der Waals surface area contributed by atoms with E-state index in [1.807, 2.05) is 6.92 Å². The molecule has 0 spiro atoms. The number of nitrogens with zero attached hydrogens (tertiary/aromatic N) is 1. The van der Waals surface area contributed by atoms with Crippen LogP contribution in [0.5, 0.6) is 0 Å². The molecular formula is C14H15FN2O. The molecule has 0 saturated heterocycles. The average Bonchev–Trinajstić information content (AvgIpc) is 2.36. The predicted molar refractivity (Wildman–Crippen MR) is 68.2 cm³/mol. The summed E-state index contributed by atoms with van der Waals surface area (Å²) in [5.41, 5.74) is 1.79. The van der Waals surface area contributed by atoms with E-state index in [-0.39, 0.29) is 11.4 Å². The van der Waals surface area contributed by atoms with Crippen molar-refractivity contribution in [1.82, 2.24) is 9.97 Å².